The van der Waals surface area contributed by atoms with E-state index in [0.717, 1.165) is 30.0 Å². The van der Waals surface area contributed by atoms with Gasteiger partial charge in [-0.15, -0.1) is 11.8 Å². The highest BCUT2D eigenvalue weighted by atomic mass is 32.2. The van der Waals surface area contributed by atoms with Gasteiger partial charge in [-0.3, -0.25) is 0 Å². The predicted molar refractivity (Wildman–Crippen MR) is 98.8 cm³/mol. The second-order valence-electron chi connectivity index (χ2n) is 8.10. The van der Waals surface area contributed by atoms with Gasteiger partial charge in [-0.05, 0) is 39.5 Å². The molecule has 1 aromatic carbocycles. The SMILES string of the molecule is CC(C)(C)c1cc(/C=C2\CNCCS2)cc(C(C)(C)C)c1O. The number of hydrogen-bond acceptors (Lipinski definition) is 3. The van der Waals surface area contributed by atoms with Crippen LogP contribution < -0.4 is 5.32 Å². The van der Waals surface area contributed by atoms with Crippen molar-refractivity contribution in [2.75, 3.05) is 18.8 Å². The molecule has 2 N–H and O–H groups in total. The highest BCUT2D eigenvalue weighted by Crippen LogP contribution is 2.40. The molecule has 0 aromatic heterocycles. The molecule has 22 heavy (non-hydrogen) atoms. The zero-order valence-corrected chi connectivity index (χ0v) is 15.5. The Balaban J connectivity index is 2.55. The van der Waals surface area contributed by atoms with Crippen molar-refractivity contribution in [1.82, 2.24) is 5.32 Å². The zero-order chi connectivity index (χ0) is 16.5. The highest BCUT2D eigenvalue weighted by Gasteiger charge is 2.26. The summed E-state index contributed by atoms with van der Waals surface area (Å²) < 4.78 is 0. The lowest BCUT2D eigenvalue weighted by Crippen LogP contribution is -2.24. The van der Waals surface area contributed by atoms with Crippen LogP contribution in [0.15, 0.2) is 17.0 Å². The first-order valence-electron chi connectivity index (χ1n) is 8.01. The standard InChI is InChI=1S/C19H29NOS/c1-18(2,3)15-10-13(9-14-12-20-7-8-22-14)11-16(17(15)21)19(4,5)6/h9-11,20-21H,7-8,12H2,1-6H3/b14-9+. The van der Waals surface area contributed by atoms with E-state index in [9.17, 15) is 5.11 Å². The number of aromatic hydroxyl groups is 1. The van der Waals surface area contributed by atoms with Crippen LogP contribution in [-0.2, 0) is 10.8 Å². The number of benzene rings is 1. The van der Waals surface area contributed by atoms with Crippen LogP contribution in [-0.4, -0.2) is 23.9 Å². The first kappa shape index (κ1) is 17.4. The third kappa shape index (κ3) is 4.08. The summed E-state index contributed by atoms with van der Waals surface area (Å²) in [5.74, 6) is 1.58. The molecular weight excluding hydrogens is 290 g/mol. The maximum absolute atomic E-state index is 10.8. The van der Waals surface area contributed by atoms with Crippen LogP contribution in [0.4, 0.5) is 0 Å². The van der Waals surface area contributed by atoms with Gasteiger partial charge in [0.2, 0.25) is 0 Å². The molecule has 2 nitrogen and oxygen atoms in total. The lowest BCUT2D eigenvalue weighted by atomic mass is 9.78. The van der Waals surface area contributed by atoms with E-state index in [-0.39, 0.29) is 10.8 Å². The number of phenolic OH excluding ortho intramolecular Hbond substituents is 1. The molecule has 0 bridgehead atoms. The van der Waals surface area contributed by atoms with Gasteiger partial charge in [0.25, 0.3) is 0 Å². The van der Waals surface area contributed by atoms with Crippen molar-refractivity contribution in [3.63, 3.8) is 0 Å². The molecule has 1 aliphatic rings. The summed E-state index contributed by atoms with van der Waals surface area (Å²) >= 11 is 1.93. The van der Waals surface area contributed by atoms with Crippen molar-refractivity contribution in [3.05, 3.63) is 33.7 Å². The number of phenols is 1. The van der Waals surface area contributed by atoms with Crippen molar-refractivity contribution in [2.24, 2.45) is 0 Å². The van der Waals surface area contributed by atoms with Gasteiger partial charge >= 0.3 is 0 Å². The molecular formula is C19H29NOS. The van der Waals surface area contributed by atoms with E-state index in [1.807, 2.05) is 11.8 Å². The molecule has 0 saturated carbocycles. The van der Waals surface area contributed by atoms with Gasteiger partial charge in [-0.25, -0.2) is 0 Å². The Bertz CT molecular complexity index is 533. The third-order valence-electron chi connectivity index (χ3n) is 3.94. The third-order valence-corrected chi connectivity index (χ3v) is 4.98. The Morgan fingerprint density at radius 3 is 2.00 bits per heavy atom. The molecule has 0 unspecified atom stereocenters. The van der Waals surface area contributed by atoms with Gasteiger partial charge in [-0.2, -0.15) is 0 Å². The van der Waals surface area contributed by atoms with Gasteiger partial charge in [0.1, 0.15) is 5.75 Å². The largest absolute Gasteiger partial charge is 0.507 e. The van der Waals surface area contributed by atoms with Gasteiger partial charge in [0, 0.05) is 30.0 Å². The summed E-state index contributed by atoms with van der Waals surface area (Å²) in [4.78, 5) is 1.37. The van der Waals surface area contributed by atoms with E-state index >= 15 is 0 Å². The summed E-state index contributed by atoms with van der Waals surface area (Å²) in [5, 5.41) is 14.2. The van der Waals surface area contributed by atoms with Gasteiger partial charge in [0.05, 0.1) is 0 Å². The van der Waals surface area contributed by atoms with Gasteiger partial charge in [-0.1, -0.05) is 41.5 Å². The van der Waals surface area contributed by atoms with E-state index in [1.54, 1.807) is 0 Å². The lowest BCUT2D eigenvalue weighted by molar-refractivity contribution is 0.423. The summed E-state index contributed by atoms with van der Waals surface area (Å²) in [7, 11) is 0. The first-order valence-corrected chi connectivity index (χ1v) is 8.99. The monoisotopic (exact) mass is 319 g/mol. The molecule has 1 aromatic rings. The van der Waals surface area contributed by atoms with Crippen LogP contribution >= 0.6 is 11.8 Å². The van der Waals surface area contributed by atoms with Crippen LogP contribution in [0.3, 0.4) is 0 Å². The molecule has 2 rings (SSSR count). The molecule has 1 saturated heterocycles. The van der Waals surface area contributed by atoms with Crippen molar-refractivity contribution in [3.8, 4) is 5.75 Å². The molecule has 0 aliphatic carbocycles. The average molecular weight is 320 g/mol. The van der Waals surface area contributed by atoms with E-state index in [2.05, 4.69) is 65.1 Å². The zero-order valence-electron chi connectivity index (χ0n) is 14.7. The second-order valence-corrected chi connectivity index (χ2v) is 9.32. The molecule has 1 heterocycles. The summed E-state index contributed by atoms with van der Waals surface area (Å²) in [6.07, 6.45) is 2.26. The minimum atomic E-state index is -0.0729. The predicted octanol–water partition coefficient (Wildman–Crippen LogP) is 4.66. The van der Waals surface area contributed by atoms with Crippen molar-refractivity contribution < 1.29 is 5.11 Å². The van der Waals surface area contributed by atoms with Crippen LogP contribution in [0.25, 0.3) is 6.08 Å². The summed E-state index contributed by atoms with van der Waals surface area (Å²) in [5.41, 5.74) is 3.10. The topological polar surface area (TPSA) is 32.3 Å². The molecule has 0 radical (unpaired) electrons. The smallest absolute Gasteiger partial charge is 0.123 e. The minimum Gasteiger partial charge on any atom is -0.507 e. The Morgan fingerprint density at radius 2 is 1.59 bits per heavy atom. The fourth-order valence-electron chi connectivity index (χ4n) is 2.68. The molecule has 0 spiro atoms. The van der Waals surface area contributed by atoms with Crippen molar-refractivity contribution >= 4 is 17.8 Å². The average Bonchev–Trinajstić information content (AvgIpc) is 2.39. The van der Waals surface area contributed by atoms with Crippen LogP contribution in [0.5, 0.6) is 5.75 Å². The highest BCUT2D eigenvalue weighted by molar-refractivity contribution is 8.03. The fraction of sp³-hybridized carbons (Fsp3) is 0.579. The van der Waals surface area contributed by atoms with Gasteiger partial charge in [0.15, 0.2) is 0 Å². The Morgan fingerprint density at radius 1 is 1.05 bits per heavy atom. The minimum absolute atomic E-state index is 0.0729. The van der Waals surface area contributed by atoms with E-state index in [1.165, 1.54) is 10.5 Å². The van der Waals surface area contributed by atoms with Crippen molar-refractivity contribution in [2.45, 2.75) is 52.4 Å². The molecule has 3 heteroatoms. The van der Waals surface area contributed by atoms with Crippen LogP contribution in [0.1, 0.15) is 58.2 Å². The van der Waals surface area contributed by atoms with Crippen LogP contribution in [0.2, 0.25) is 0 Å². The molecule has 0 amide bonds. The summed E-state index contributed by atoms with van der Waals surface area (Å²) in [6.45, 7) is 15.0. The quantitative estimate of drug-likeness (QED) is 0.789. The maximum Gasteiger partial charge on any atom is 0.123 e. The second kappa shape index (κ2) is 6.29. The van der Waals surface area contributed by atoms with E-state index < -0.39 is 0 Å². The van der Waals surface area contributed by atoms with Gasteiger partial charge < -0.3 is 10.4 Å². The Hall–Kier alpha value is -0.930. The molecule has 122 valence electrons. The van der Waals surface area contributed by atoms with E-state index in [4.69, 9.17) is 0 Å². The Kier molecular flexibility index (Phi) is 4.98. The van der Waals surface area contributed by atoms with Crippen LogP contribution in [0, 0.1) is 0 Å². The Labute approximate surface area is 139 Å². The molecule has 0 atom stereocenters. The fourth-order valence-corrected chi connectivity index (χ4v) is 3.61. The van der Waals surface area contributed by atoms with Crippen molar-refractivity contribution in [1.29, 1.82) is 0 Å². The number of rotatable bonds is 1. The first-order chi connectivity index (χ1) is 10.1. The number of thioether (sulfide) groups is 1. The maximum atomic E-state index is 10.8. The number of hydrogen-bond donors (Lipinski definition) is 2. The summed E-state index contributed by atoms with van der Waals surface area (Å²) in [6, 6.07) is 4.29. The molecule has 1 aliphatic heterocycles. The molecule has 1 fully saturated rings. The van der Waals surface area contributed by atoms with E-state index in [0.29, 0.717) is 5.75 Å². The normalized spacial score (nSPS) is 18.7. The number of nitrogens with one attached hydrogen (secondary N) is 1. The lowest BCUT2D eigenvalue weighted by Gasteiger charge is -2.28.